The number of hydrogen-bond donors (Lipinski definition) is 14. The molecule has 17 nitrogen and oxygen atoms in total. The largest absolute Gasteiger partial charge is 0.508 e. The Morgan fingerprint density at radius 3 is 2.37 bits per heavy atom. The minimum absolute atomic E-state index is 0.00806. The van der Waals surface area contributed by atoms with Crippen LogP contribution in [0.1, 0.15) is 146 Å². The highest BCUT2D eigenvalue weighted by molar-refractivity contribution is 6.06. The maximum atomic E-state index is 16.0. The van der Waals surface area contributed by atoms with Crippen LogP contribution in [0.15, 0.2) is 127 Å². The van der Waals surface area contributed by atoms with E-state index in [0.717, 1.165) is 71.0 Å². The van der Waals surface area contributed by atoms with Gasteiger partial charge in [0, 0.05) is 98.0 Å². The van der Waals surface area contributed by atoms with Gasteiger partial charge >= 0.3 is 0 Å². The van der Waals surface area contributed by atoms with Gasteiger partial charge in [0.15, 0.2) is 35.5 Å². The molecule has 14 N–H and O–H groups in total. The summed E-state index contributed by atoms with van der Waals surface area (Å²) in [4.78, 5) is 34.4. The van der Waals surface area contributed by atoms with Gasteiger partial charge in [-0.2, -0.15) is 0 Å². The average Bonchev–Trinajstić information content (AvgIpc) is 1.37. The quantitative estimate of drug-likeness (QED) is 0.0364. The van der Waals surface area contributed by atoms with E-state index < -0.39 is 101 Å². The fourth-order valence-electron chi connectivity index (χ4n) is 18.6. The first-order valence-corrected chi connectivity index (χ1v) is 36.5. The second-order valence-electron chi connectivity index (χ2n) is 30.2. The van der Waals surface area contributed by atoms with E-state index in [1.807, 2.05) is 72.9 Å². The molecule has 2 aliphatic heterocycles. The molecule has 6 aromatic rings. The van der Waals surface area contributed by atoms with Gasteiger partial charge < -0.3 is 76.9 Å². The van der Waals surface area contributed by atoms with Gasteiger partial charge in [0.25, 0.3) is 0 Å². The number of aryl methyl sites for hydroxylation is 1. The second kappa shape index (κ2) is 30.7. The number of methoxy groups -OCH3 is 1. The normalized spacial score (nSPS) is 30.6. The molecule has 0 saturated heterocycles. The van der Waals surface area contributed by atoms with Crippen LogP contribution in [0.25, 0.3) is 10.8 Å². The topological polar surface area (TPSA) is 289 Å². The standard InChI is InChI=1S/C83H99N5O12/c1-47-43-85-45-63(90)35-55-17-16-50-18-21-60(40-71(50)79(55)94)88-77-39-54(26-28-86-77)78-58-32-51-19-23-67(66-14-7-6-13-64(66)56-31-53(25-27-83(78,99)46-84-2)68(72(37-56)82(97)98)30-49-11-8-12-62(89)29-49)69-42-75(93)76(100-3)38-52(69)20-24-73(91)81(96)80(95)70(51)36-57(33-58)65(22-15-48-9-4-5-10-48)74(92)41-61-34-59(47)44-87-61/h6-8,11-14,16-18,21,26,29,34,38-40,42,44,47-48,51,53,56-58,63,65,67-68,70,72,74,78,81-82,84-90,92-94,96-99H,4-5,9-10,15,20,22,24,28,30-33,35-37,41,43,45-46H2,1-3H3. The lowest BCUT2D eigenvalue weighted by molar-refractivity contribution is -0.142. The molecule has 13 rings (SSSR count). The van der Waals surface area contributed by atoms with Gasteiger partial charge in [0.1, 0.15) is 22.9 Å². The lowest BCUT2D eigenvalue weighted by atomic mass is 9.63. The van der Waals surface area contributed by atoms with Gasteiger partial charge in [-0.1, -0.05) is 123 Å². The van der Waals surface area contributed by atoms with Crippen molar-refractivity contribution in [3.05, 3.63) is 171 Å². The van der Waals surface area contributed by atoms with E-state index in [9.17, 15) is 50.8 Å². The van der Waals surface area contributed by atoms with Gasteiger partial charge in [-0.05, 0) is 198 Å². The highest BCUT2D eigenvalue weighted by Gasteiger charge is 2.51. The number of allylic oxidation sites excluding steroid dienone is 1. The number of dihydropyridines is 1. The third kappa shape index (κ3) is 15.3. The number of carbonyl (C=O) groups excluding carboxylic acids is 2. The molecule has 0 radical (unpaired) electrons. The van der Waals surface area contributed by atoms with Crippen molar-refractivity contribution in [1.82, 2.24) is 20.9 Å². The number of likely N-dealkylation sites (N-methyl/N-ethyl adjacent to an activating group) is 1. The smallest absolute Gasteiger partial charge is 0.173 e. The Hall–Kier alpha value is -7.94. The summed E-state index contributed by atoms with van der Waals surface area (Å²) in [5.74, 6) is 7.52. The molecule has 3 fully saturated rings. The van der Waals surface area contributed by atoms with Gasteiger partial charge in [-0.3, -0.25) is 9.59 Å². The Balaban J connectivity index is 1.07. The van der Waals surface area contributed by atoms with E-state index >= 15 is 4.79 Å². The molecule has 7 aliphatic rings. The van der Waals surface area contributed by atoms with Gasteiger partial charge in [-0.15, -0.1) is 0 Å². The van der Waals surface area contributed by atoms with Crippen molar-refractivity contribution in [2.45, 2.75) is 158 Å². The third-order valence-corrected chi connectivity index (χ3v) is 23.7. The fraction of sp³-hybridized carbons (Fsp3) is 0.494. The number of benzene rings is 5. The fourth-order valence-corrected chi connectivity index (χ4v) is 18.6. The number of aromatic amines is 1. The number of aromatic hydroxyl groups is 3. The Bertz CT molecular complexity index is 4150. The summed E-state index contributed by atoms with van der Waals surface area (Å²) in [5.41, 5.74) is 5.55. The van der Waals surface area contributed by atoms with Crippen LogP contribution in [0.3, 0.4) is 0 Å². The monoisotopic (exact) mass is 1360 g/mol. The molecule has 3 heterocycles. The van der Waals surface area contributed by atoms with Crippen molar-refractivity contribution in [3.8, 4) is 46.7 Å². The molecular formula is C83H99N5O12. The van der Waals surface area contributed by atoms with E-state index in [2.05, 4.69) is 69.0 Å². The van der Waals surface area contributed by atoms with Crippen molar-refractivity contribution in [3.63, 3.8) is 0 Å². The first-order valence-electron chi connectivity index (χ1n) is 36.5. The SMILES string of the molecule is CNCC1(O)C#CC2CC(CC(C(O)O)C2Cc2cccc(O)c2)c2ccccc2C2C#CC3CC4CC(CC3C(=O)C(O)C(=O)CCc3cc(OC)c(O)cc32)C(CCC2CCCC2)C(O)Cc2cc(c[nH]2)C(C)CNCC(O)Cc2ccc3ccc(cc3c2O)NC2=CC(=CCN2)C41. The van der Waals surface area contributed by atoms with E-state index in [-0.39, 0.29) is 86.4 Å². The number of ether oxygens (including phenoxy) is 1. The summed E-state index contributed by atoms with van der Waals surface area (Å²) < 4.78 is 5.72. The van der Waals surface area contributed by atoms with Crippen LogP contribution < -0.4 is 26.0 Å². The Kier molecular flexibility index (Phi) is 21.7. The number of phenols is 3. The highest BCUT2D eigenvalue weighted by atomic mass is 16.5. The Labute approximate surface area is 587 Å². The van der Waals surface area contributed by atoms with Crippen LogP contribution in [-0.2, 0) is 35.3 Å². The van der Waals surface area contributed by atoms with Crippen LogP contribution in [-0.4, -0.2) is 133 Å². The summed E-state index contributed by atoms with van der Waals surface area (Å²) in [5, 5.41) is 126. The molecule has 5 aromatic carbocycles. The maximum Gasteiger partial charge on any atom is 0.173 e. The zero-order valence-electron chi connectivity index (χ0n) is 57.7. The highest BCUT2D eigenvalue weighted by Crippen LogP contribution is 2.53. The van der Waals surface area contributed by atoms with Crippen molar-refractivity contribution in [2.75, 3.05) is 45.7 Å². The second-order valence-corrected chi connectivity index (χ2v) is 30.2. The van der Waals surface area contributed by atoms with Crippen LogP contribution in [0, 0.1) is 82.9 Å². The number of aliphatic hydroxyl groups is 6. The number of H-pyrrole nitrogens is 1. The number of β-amino-alcohol motifs (C(OH)–C–C–N with tert-alkyl or cyclic N) is 1. The third-order valence-electron chi connectivity index (χ3n) is 23.7. The predicted molar refractivity (Wildman–Crippen MR) is 385 cm³/mol. The summed E-state index contributed by atoms with van der Waals surface area (Å²) >= 11 is 0. The molecular weight excluding hydrogens is 1260 g/mol. The molecule has 16 unspecified atom stereocenters. The molecule has 0 spiro atoms. The molecule has 16 atom stereocenters. The van der Waals surface area contributed by atoms with E-state index in [0.29, 0.717) is 84.7 Å². The summed E-state index contributed by atoms with van der Waals surface area (Å²) in [6, 6.07) is 29.9. The van der Waals surface area contributed by atoms with Crippen molar-refractivity contribution in [1.29, 1.82) is 0 Å². The lowest BCUT2D eigenvalue weighted by Crippen LogP contribution is -2.50. The van der Waals surface area contributed by atoms with Crippen molar-refractivity contribution < 1.29 is 60.3 Å². The number of rotatable bonds is 9. The molecule has 3 saturated carbocycles. The van der Waals surface area contributed by atoms with Crippen LogP contribution in [0.4, 0.5) is 5.69 Å². The number of Topliss-reactive ketones (excluding diaryl/α,β-unsaturated/α-hetero) is 2. The number of nitrogens with one attached hydrogen (secondary N) is 5. The Morgan fingerprint density at radius 2 is 1.58 bits per heavy atom. The first-order chi connectivity index (χ1) is 48.3. The maximum absolute atomic E-state index is 16.0. The first kappa shape index (κ1) is 70.5. The van der Waals surface area contributed by atoms with Crippen molar-refractivity contribution in [2.24, 2.45) is 59.2 Å². The zero-order valence-corrected chi connectivity index (χ0v) is 57.7. The van der Waals surface area contributed by atoms with E-state index in [4.69, 9.17) is 4.74 Å². The minimum Gasteiger partial charge on any atom is -0.508 e. The van der Waals surface area contributed by atoms with E-state index in [1.165, 1.54) is 7.11 Å². The number of aliphatic hydroxyl groups excluding tert-OH is 4. The zero-order chi connectivity index (χ0) is 69.9. The number of anilines is 1. The van der Waals surface area contributed by atoms with Gasteiger partial charge in [-0.25, -0.2) is 0 Å². The number of ketones is 2. The molecule has 17 heteroatoms. The van der Waals surface area contributed by atoms with Crippen LogP contribution in [0.2, 0.25) is 0 Å². The summed E-state index contributed by atoms with van der Waals surface area (Å²) in [7, 11) is 3.23. The number of aromatic nitrogens is 1. The molecule has 528 valence electrons. The molecule has 0 amide bonds. The molecule has 1 aromatic heterocycles. The van der Waals surface area contributed by atoms with E-state index in [1.54, 1.807) is 37.4 Å². The lowest BCUT2D eigenvalue weighted by Gasteiger charge is -2.43. The molecule has 13 bridgehead atoms. The summed E-state index contributed by atoms with van der Waals surface area (Å²) in [6.07, 6.45) is 8.40. The predicted octanol–water partition coefficient (Wildman–Crippen LogP) is 9.67. The number of carbonyl (C=O) groups is 2. The van der Waals surface area contributed by atoms with Crippen LogP contribution in [0.5, 0.6) is 23.0 Å². The minimum atomic E-state index is -2.01. The van der Waals surface area contributed by atoms with Crippen LogP contribution >= 0.6 is 0 Å². The number of fused-ring (bicyclic) bond motifs is 15. The number of phenolic OH excluding ortho intramolecular Hbond substituents is 3. The molecule has 100 heavy (non-hydrogen) atoms. The molecule has 5 aliphatic carbocycles. The van der Waals surface area contributed by atoms with Crippen molar-refractivity contribution >= 4 is 28.0 Å². The Morgan fingerprint density at radius 1 is 0.770 bits per heavy atom. The van der Waals surface area contributed by atoms with Gasteiger partial charge in [0.05, 0.1) is 25.2 Å². The summed E-state index contributed by atoms with van der Waals surface area (Å²) in [6.45, 7) is 3.20. The average molecular weight is 1360 g/mol. The number of hydrogen-bond acceptors (Lipinski definition) is 16. The van der Waals surface area contributed by atoms with Gasteiger partial charge in [0.2, 0.25) is 0 Å².